The minimum Gasteiger partial charge on any atom is -0.353 e. The summed E-state index contributed by atoms with van der Waals surface area (Å²) < 4.78 is 0. The Kier molecular flexibility index (Phi) is 3.88. The van der Waals surface area contributed by atoms with E-state index < -0.39 is 0 Å². The number of rotatable bonds is 4. The predicted molar refractivity (Wildman–Crippen MR) is 97.0 cm³/mol. The Hall–Kier alpha value is -2.86. The molecule has 24 heavy (non-hydrogen) atoms. The van der Waals surface area contributed by atoms with Crippen molar-refractivity contribution >= 4 is 28.1 Å². The van der Waals surface area contributed by atoms with E-state index in [9.17, 15) is 0 Å². The first-order valence-electron chi connectivity index (χ1n) is 7.58. The molecular formula is C18H15N5S. The molecule has 1 aromatic carbocycles. The van der Waals surface area contributed by atoms with Crippen molar-refractivity contribution in [2.75, 3.05) is 11.9 Å². The van der Waals surface area contributed by atoms with Crippen LogP contribution in [0.15, 0.2) is 60.4 Å². The van der Waals surface area contributed by atoms with Crippen molar-refractivity contribution < 1.29 is 0 Å². The van der Waals surface area contributed by atoms with E-state index in [1.165, 1.54) is 0 Å². The first-order chi connectivity index (χ1) is 11.8. The second-order valence-corrected chi connectivity index (χ2v) is 6.37. The number of nitrogens with zero attached hydrogens (tertiary/aromatic N) is 5. The minimum atomic E-state index is 0.638. The molecule has 3 aromatic heterocycles. The highest BCUT2D eigenvalue weighted by Gasteiger charge is 2.14. The van der Waals surface area contributed by atoms with Gasteiger partial charge in [-0.2, -0.15) is 0 Å². The molecule has 3 heterocycles. The van der Waals surface area contributed by atoms with Gasteiger partial charge in [-0.15, -0.1) is 11.3 Å². The van der Waals surface area contributed by atoms with Gasteiger partial charge in [0.25, 0.3) is 0 Å². The van der Waals surface area contributed by atoms with Crippen LogP contribution in [0.25, 0.3) is 21.6 Å². The normalized spacial score (nSPS) is 10.9. The van der Waals surface area contributed by atoms with Crippen LogP contribution in [0.1, 0.15) is 5.69 Å². The molecule has 0 N–H and O–H groups in total. The summed E-state index contributed by atoms with van der Waals surface area (Å²) >= 11 is 1.64. The van der Waals surface area contributed by atoms with Crippen LogP contribution >= 0.6 is 11.3 Å². The van der Waals surface area contributed by atoms with Crippen molar-refractivity contribution in [3.63, 3.8) is 0 Å². The number of fused-ring (bicyclic) bond motifs is 1. The quantitative estimate of drug-likeness (QED) is 0.569. The number of hydrogen-bond acceptors (Lipinski definition) is 6. The van der Waals surface area contributed by atoms with Gasteiger partial charge in [0.1, 0.15) is 5.82 Å². The van der Waals surface area contributed by atoms with Crippen LogP contribution in [0.5, 0.6) is 0 Å². The van der Waals surface area contributed by atoms with E-state index >= 15 is 0 Å². The van der Waals surface area contributed by atoms with Gasteiger partial charge in [0.15, 0.2) is 5.82 Å². The van der Waals surface area contributed by atoms with Crippen molar-refractivity contribution in [2.24, 2.45) is 0 Å². The average molecular weight is 333 g/mol. The van der Waals surface area contributed by atoms with Crippen LogP contribution in [0.3, 0.4) is 0 Å². The maximum atomic E-state index is 4.82. The molecule has 0 spiro atoms. The van der Waals surface area contributed by atoms with Crippen molar-refractivity contribution in [1.29, 1.82) is 0 Å². The van der Waals surface area contributed by atoms with E-state index in [0.717, 1.165) is 33.1 Å². The SMILES string of the molecule is CN(Cc1cnccn1)c1nc(-c2cccs2)nc2ccccc12. The molecule has 0 saturated carbocycles. The Morgan fingerprint density at radius 1 is 1.04 bits per heavy atom. The summed E-state index contributed by atoms with van der Waals surface area (Å²) in [5.74, 6) is 1.65. The summed E-state index contributed by atoms with van der Waals surface area (Å²) in [7, 11) is 2.02. The number of para-hydroxylation sites is 1. The van der Waals surface area contributed by atoms with Crippen molar-refractivity contribution in [2.45, 2.75) is 6.54 Å². The van der Waals surface area contributed by atoms with E-state index in [0.29, 0.717) is 6.54 Å². The molecule has 0 saturated heterocycles. The molecule has 0 unspecified atom stereocenters. The number of hydrogen-bond donors (Lipinski definition) is 0. The molecule has 0 aliphatic heterocycles. The third kappa shape index (κ3) is 2.83. The van der Waals surface area contributed by atoms with E-state index in [2.05, 4.69) is 20.9 Å². The van der Waals surface area contributed by atoms with Gasteiger partial charge >= 0.3 is 0 Å². The van der Waals surface area contributed by atoms with Crippen LogP contribution in [0.2, 0.25) is 0 Å². The summed E-state index contributed by atoms with van der Waals surface area (Å²) in [6.45, 7) is 0.638. The maximum Gasteiger partial charge on any atom is 0.172 e. The fourth-order valence-corrected chi connectivity index (χ4v) is 3.25. The van der Waals surface area contributed by atoms with Crippen LogP contribution in [0, 0.1) is 0 Å². The summed E-state index contributed by atoms with van der Waals surface area (Å²) in [5.41, 5.74) is 1.84. The number of thiophene rings is 1. The second-order valence-electron chi connectivity index (χ2n) is 5.42. The number of aromatic nitrogens is 4. The molecule has 118 valence electrons. The van der Waals surface area contributed by atoms with Crippen LogP contribution in [-0.2, 0) is 6.54 Å². The van der Waals surface area contributed by atoms with Gasteiger partial charge in [0, 0.05) is 24.8 Å². The molecule has 5 nitrogen and oxygen atoms in total. The lowest BCUT2D eigenvalue weighted by Crippen LogP contribution is -2.19. The van der Waals surface area contributed by atoms with Gasteiger partial charge in [-0.25, -0.2) is 9.97 Å². The van der Waals surface area contributed by atoms with Crippen LogP contribution in [0.4, 0.5) is 5.82 Å². The van der Waals surface area contributed by atoms with E-state index in [1.54, 1.807) is 29.9 Å². The first-order valence-corrected chi connectivity index (χ1v) is 8.46. The summed E-state index contributed by atoms with van der Waals surface area (Å²) in [4.78, 5) is 21.2. The molecule has 0 aliphatic rings. The predicted octanol–water partition coefficient (Wildman–Crippen LogP) is 3.78. The Balaban J connectivity index is 1.80. The largest absolute Gasteiger partial charge is 0.353 e. The average Bonchev–Trinajstić information content (AvgIpc) is 3.16. The summed E-state index contributed by atoms with van der Waals surface area (Å²) in [6.07, 6.45) is 5.16. The molecule has 0 atom stereocenters. The standard InChI is InChI=1S/C18H15N5S/c1-23(12-13-11-19-8-9-20-13)18-14-5-2-3-6-15(14)21-17(22-18)16-7-4-10-24-16/h2-11H,12H2,1H3. The Bertz CT molecular complexity index is 954. The first kappa shape index (κ1) is 14.7. The maximum absolute atomic E-state index is 4.82. The zero-order valence-corrected chi connectivity index (χ0v) is 13.9. The van der Waals surface area contributed by atoms with Gasteiger partial charge in [-0.05, 0) is 23.6 Å². The molecule has 4 aromatic rings. The van der Waals surface area contributed by atoms with Crippen LogP contribution in [-0.4, -0.2) is 27.0 Å². The highest BCUT2D eigenvalue weighted by Crippen LogP contribution is 2.29. The van der Waals surface area contributed by atoms with Crippen molar-refractivity contribution in [3.8, 4) is 10.7 Å². The highest BCUT2D eigenvalue weighted by molar-refractivity contribution is 7.13. The third-order valence-corrected chi connectivity index (χ3v) is 4.57. The van der Waals surface area contributed by atoms with Gasteiger partial charge in [0.2, 0.25) is 0 Å². The lowest BCUT2D eigenvalue weighted by Gasteiger charge is -2.20. The highest BCUT2D eigenvalue weighted by atomic mass is 32.1. The van der Waals surface area contributed by atoms with Crippen LogP contribution < -0.4 is 4.90 Å². The Labute approximate surface area is 143 Å². The Morgan fingerprint density at radius 3 is 2.75 bits per heavy atom. The summed E-state index contributed by atoms with van der Waals surface area (Å²) in [6, 6.07) is 12.1. The molecule has 0 radical (unpaired) electrons. The zero-order chi connectivity index (χ0) is 16.4. The smallest absolute Gasteiger partial charge is 0.172 e. The zero-order valence-electron chi connectivity index (χ0n) is 13.1. The molecule has 0 fully saturated rings. The fourth-order valence-electron chi connectivity index (χ4n) is 2.60. The van der Waals surface area contributed by atoms with Gasteiger partial charge in [-0.3, -0.25) is 9.97 Å². The van der Waals surface area contributed by atoms with Gasteiger partial charge < -0.3 is 4.90 Å². The monoisotopic (exact) mass is 333 g/mol. The minimum absolute atomic E-state index is 0.638. The number of benzene rings is 1. The van der Waals surface area contributed by atoms with E-state index in [-0.39, 0.29) is 0 Å². The third-order valence-electron chi connectivity index (χ3n) is 3.70. The lowest BCUT2D eigenvalue weighted by atomic mass is 10.2. The number of anilines is 1. The van der Waals surface area contributed by atoms with E-state index in [4.69, 9.17) is 9.97 Å². The molecule has 0 amide bonds. The topological polar surface area (TPSA) is 54.8 Å². The molecule has 0 bridgehead atoms. The van der Waals surface area contributed by atoms with E-state index in [1.807, 2.05) is 42.8 Å². The summed E-state index contributed by atoms with van der Waals surface area (Å²) in [5, 5.41) is 3.07. The van der Waals surface area contributed by atoms with Crippen molar-refractivity contribution in [1.82, 2.24) is 19.9 Å². The van der Waals surface area contributed by atoms with Gasteiger partial charge in [-0.1, -0.05) is 18.2 Å². The molecule has 4 rings (SSSR count). The fraction of sp³-hybridized carbons (Fsp3) is 0.111. The molecular weight excluding hydrogens is 318 g/mol. The van der Waals surface area contributed by atoms with Gasteiger partial charge in [0.05, 0.1) is 28.8 Å². The lowest BCUT2D eigenvalue weighted by molar-refractivity contribution is 0.859. The van der Waals surface area contributed by atoms with Crippen molar-refractivity contribution in [3.05, 3.63) is 66.1 Å². The molecule has 0 aliphatic carbocycles. The Morgan fingerprint density at radius 2 is 1.96 bits per heavy atom. The second kappa shape index (κ2) is 6.33. The molecule has 6 heteroatoms.